The number of urea groups is 1. The SMILES string of the molecule is O=C(Nc1nc(C2CC2)cs1)NN1Cc2ccccc2C1=O. The van der Waals surface area contributed by atoms with Crippen LogP contribution in [0.4, 0.5) is 9.93 Å². The molecule has 2 N–H and O–H groups in total. The van der Waals surface area contributed by atoms with Gasteiger partial charge in [-0.3, -0.25) is 10.1 Å². The third-order valence-electron chi connectivity index (χ3n) is 3.80. The first kappa shape index (κ1) is 13.3. The van der Waals surface area contributed by atoms with Crippen LogP contribution < -0.4 is 10.7 Å². The van der Waals surface area contributed by atoms with Crippen molar-refractivity contribution in [1.29, 1.82) is 0 Å². The number of rotatable bonds is 3. The van der Waals surface area contributed by atoms with Crippen LogP contribution in [0.25, 0.3) is 0 Å². The molecule has 2 aliphatic rings. The standard InChI is InChI=1S/C15H14N4O2S/c20-13-11-4-2-1-3-10(11)7-19(13)18-14(21)17-15-16-12(8-22-15)9-5-6-9/h1-4,8-9H,5-7H2,(H2,16,17,18,21). The fourth-order valence-electron chi connectivity index (χ4n) is 2.50. The molecule has 0 saturated heterocycles. The van der Waals surface area contributed by atoms with E-state index in [1.165, 1.54) is 29.2 Å². The summed E-state index contributed by atoms with van der Waals surface area (Å²) in [7, 11) is 0. The molecular weight excluding hydrogens is 300 g/mol. The van der Waals surface area contributed by atoms with E-state index < -0.39 is 6.03 Å². The summed E-state index contributed by atoms with van der Waals surface area (Å²) in [6.07, 6.45) is 2.35. The number of anilines is 1. The van der Waals surface area contributed by atoms with Crippen molar-refractivity contribution in [2.24, 2.45) is 0 Å². The van der Waals surface area contributed by atoms with E-state index in [1.54, 1.807) is 6.07 Å². The van der Waals surface area contributed by atoms with Crippen molar-refractivity contribution in [3.8, 4) is 0 Å². The number of carbonyl (C=O) groups is 2. The fraction of sp³-hybridized carbons (Fsp3) is 0.267. The van der Waals surface area contributed by atoms with Crippen LogP contribution >= 0.6 is 11.3 Å². The van der Waals surface area contributed by atoms with Gasteiger partial charge in [0.05, 0.1) is 12.2 Å². The summed E-state index contributed by atoms with van der Waals surface area (Å²) in [4.78, 5) is 28.6. The van der Waals surface area contributed by atoms with Crippen molar-refractivity contribution in [3.05, 3.63) is 46.5 Å². The van der Waals surface area contributed by atoms with Crippen molar-refractivity contribution in [2.45, 2.75) is 25.3 Å². The largest absolute Gasteiger partial charge is 0.339 e. The maximum absolute atomic E-state index is 12.2. The Bertz CT molecular complexity index is 754. The second kappa shape index (κ2) is 5.10. The highest BCUT2D eigenvalue weighted by atomic mass is 32.1. The van der Waals surface area contributed by atoms with E-state index in [9.17, 15) is 9.59 Å². The molecule has 3 amide bonds. The smallest absolute Gasteiger partial charge is 0.282 e. The molecule has 1 aliphatic heterocycles. The Morgan fingerprint density at radius 2 is 2.14 bits per heavy atom. The maximum Gasteiger partial charge on any atom is 0.339 e. The number of nitrogens with one attached hydrogen (secondary N) is 2. The van der Waals surface area contributed by atoms with E-state index in [0.29, 0.717) is 23.2 Å². The molecule has 1 saturated carbocycles. The number of hydrogen-bond donors (Lipinski definition) is 2. The predicted molar refractivity (Wildman–Crippen MR) is 82.6 cm³/mol. The van der Waals surface area contributed by atoms with Gasteiger partial charge in [0.1, 0.15) is 0 Å². The zero-order chi connectivity index (χ0) is 15.1. The van der Waals surface area contributed by atoms with Crippen LogP contribution in [0.5, 0.6) is 0 Å². The summed E-state index contributed by atoms with van der Waals surface area (Å²) >= 11 is 1.41. The molecule has 2 aromatic rings. The highest BCUT2D eigenvalue weighted by molar-refractivity contribution is 7.13. The Hall–Kier alpha value is -2.41. The Morgan fingerprint density at radius 3 is 2.91 bits per heavy atom. The summed E-state index contributed by atoms with van der Waals surface area (Å²) in [5.74, 6) is 0.369. The number of aromatic nitrogens is 1. The Balaban J connectivity index is 1.39. The van der Waals surface area contributed by atoms with Crippen LogP contribution in [0.1, 0.15) is 40.4 Å². The zero-order valence-electron chi connectivity index (χ0n) is 11.7. The number of thiazole rings is 1. The third kappa shape index (κ3) is 2.43. The molecule has 0 radical (unpaired) electrons. The molecule has 0 bridgehead atoms. The number of hydrazine groups is 1. The number of fused-ring (bicyclic) bond motifs is 1. The second-order valence-electron chi connectivity index (χ2n) is 5.47. The summed E-state index contributed by atoms with van der Waals surface area (Å²) in [6.45, 7) is 0.383. The lowest BCUT2D eigenvalue weighted by atomic mass is 10.1. The van der Waals surface area contributed by atoms with E-state index in [4.69, 9.17) is 0 Å². The van der Waals surface area contributed by atoms with Crippen LogP contribution in [-0.2, 0) is 6.54 Å². The number of hydrogen-bond acceptors (Lipinski definition) is 4. The lowest BCUT2D eigenvalue weighted by molar-refractivity contribution is 0.0713. The molecule has 22 heavy (non-hydrogen) atoms. The highest BCUT2D eigenvalue weighted by Gasteiger charge is 2.29. The van der Waals surface area contributed by atoms with Crippen molar-refractivity contribution < 1.29 is 9.59 Å². The van der Waals surface area contributed by atoms with Crippen molar-refractivity contribution in [1.82, 2.24) is 15.4 Å². The minimum absolute atomic E-state index is 0.191. The van der Waals surface area contributed by atoms with Gasteiger partial charge in [-0.25, -0.2) is 20.2 Å². The van der Waals surface area contributed by atoms with Crippen molar-refractivity contribution in [3.63, 3.8) is 0 Å². The van der Waals surface area contributed by atoms with Crippen LogP contribution in [-0.4, -0.2) is 21.9 Å². The van der Waals surface area contributed by atoms with Crippen molar-refractivity contribution >= 4 is 28.4 Å². The molecule has 4 rings (SSSR count). The van der Waals surface area contributed by atoms with E-state index >= 15 is 0 Å². The summed E-state index contributed by atoms with van der Waals surface area (Å²) in [5, 5.41) is 6.53. The summed E-state index contributed by atoms with van der Waals surface area (Å²) in [6, 6.07) is 6.90. The van der Waals surface area contributed by atoms with Gasteiger partial charge < -0.3 is 0 Å². The predicted octanol–water partition coefficient (Wildman–Crippen LogP) is 2.71. The average molecular weight is 314 g/mol. The topological polar surface area (TPSA) is 74.3 Å². The number of benzene rings is 1. The first-order valence-electron chi connectivity index (χ1n) is 7.13. The van der Waals surface area contributed by atoms with Crippen molar-refractivity contribution in [2.75, 3.05) is 5.32 Å². The second-order valence-corrected chi connectivity index (χ2v) is 6.32. The molecule has 1 fully saturated rings. The highest BCUT2D eigenvalue weighted by Crippen LogP contribution is 2.40. The van der Waals surface area contributed by atoms with E-state index in [1.807, 2.05) is 23.6 Å². The molecule has 2 heterocycles. The molecule has 112 valence electrons. The first-order valence-corrected chi connectivity index (χ1v) is 8.01. The molecular formula is C15H14N4O2S. The maximum atomic E-state index is 12.2. The van der Waals surface area contributed by atoms with Gasteiger partial charge in [0.25, 0.3) is 5.91 Å². The molecule has 6 nitrogen and oxygen atoms in total. The molecule has 0 atom stereocenters. The van der Waals surface area contributed by atoms with Gasteiger partial charge >= 0.3 is 6.03 Å². The third-order valence-corrected chi connectivity index (χ3v) is 4.57. The van der Waals surface area contributed by atoms with Gasteiger partial charge in [0, 0.05) is 16.9 Å². The van der Waals surface area contributed by atoms with Crippen LogP contribution in [0.3, 0.4) is 0 Å². The minimum atomic E-state index is -0.446. The minimum Gasteiger partial charge on any atom is -0.282 e. The summed E-state index contributed by atoms with van der Waals surface area (Å²) < 4.78 is 0. The first-order chi connectivity index (χ1) is 10.7. The lowest BCUT2D eigenvalue weighted by Crippen LogP contribution is -2.44. The zero-order valence-corrected chi connectivity index (χ0v) is 12.5. The van der Waals surface area contributed by atoms with Gasteiger partial charge in [0.15, 0.2) is 5.13 Å². The van der Waals surface area contributed by atoms with Gasteiger partial charge in [-0.05, 0) is 24.5 Å². The number of amides is 3. The number of nitrogens with zero attached hydrogens (tertiary/aromatic N) is 2. The quantitative estimate of drug-likeness (QED) is 0.914. The molecule has 1 aromatic heterocycles. The van der Waals surface area contributed by atoms with Crippen LogP contribution in [0, 0.1) is 0 Å². The summed E-state index contributed by atoms with van der Waals surface area (Å²) in [5.41, 5.74) is 5.17. The van der Waals surface area contributed by atoms with Gasteiger partial charge in [-0.2, -0.15) is 0 Å². The van der Waals surface area contributed by atoms with E-state index in [2.05, 4.69) is 15.7 Å². The Kier molecular flexibility index (Phi) is 3.07. The normalized spacial score (nSPS) is 16.5. The van der Waals surface area contributed by atoms with Gasteiger partial charge in [0.2, 0.25) is 0 Å². The van der Waals surface area contributed by atoms with Gasteiger partial charge in [-0.1, -0.05) is 18.2 Å². The van der Waals surface area contributed by atoms with E-state index in [0.717, 1.165) is 11.3 Å². The Labute approximate surface area is 131 Å². The molecule has 0 spiro atoms. The molecule has 1 aromatic carbocycles. The monoisotopic (exact) mass is 314 g/mol. The van der Waals surface area contributed by atoms with Crippen LogP contribution in [0.15, 0.2) is 29.6 Å². The Morgan fingerprint density at radius 1 is 1.32 bits per heavy atom. The average Bonchev–Trinajstić information content (AvgIpc) is 3.19. The molecule has 7 heteroatoms. The molecule has 1 aliphatic carbocycles. The fourth-order valence-corrected chi connectivity index (χ4v) is 3.29. The lowest BCUT2D eigenvalue weighted by Gasteiger charge is -2.16. The number of carbonyl (C=O) groups excluding carboxylic acids is 2. The van der Waals surface area contributed by atoms with E-state index in [-0.39, 0.29) is 5.91 Å². The van der Waals surface area contributed by atoms with Gasteiger partial charge in [-0.15, -0.1) is 11.3 Å². The molecule has 0 unspecified atom stereocenters. The van der Waals surface area contributed by atoms with Crippen LogP contribution in [0.2, 0.25) is 0 Å².